The first-order valence-corrected chi connectivity index (χ1v) is 6.77. The molecule has 22 heavy (non-hydrogen) atoms. The highest BCUT2D eigenvalue weighted by Crippen LogP contribution is 2.23. The van der Waals surface area contributed by atoms with E-state index >= 15 is 0 Å². The van der Waals surface area contributed by atoms with Gasteiger partial charge in [0.15, 0.2) is 0 Å². The lowest BCUT2D eigenvalue weighted by Crippen LogP contribution is -2.11. The van der Waals surface area contributed by atoms with Gasteiger partial charge in [0.05, 0.1) is 29.7 Å². The van der Waals surface area contributed by atoms with Gasteiger partial charge >= 0.3 is 6.01 Å². The zero-order valence-electron chi connectivity index (χ0n) is 12.3. The first-order chi connectivity index (χ1) is 10.6. The van der Waals surface area contributed by atoms with Gasteiger partial charge in [-0.1, -0.05) is 6.92 Å². The number of aryl methyl sites for hydroxylation is 1. The molecule has 0 saturated heterocycles. The molecule has 0 saturated carbocycles. The zero-order valence-corrected chi connectivity index (χ0v) is 12.3. The molecule has 6 heteroatoms. The maximum atomic E-state index is 11.4. The second-order valence-electron chi connectivity index (χ2n) is 4.55. The van der Waals surface area contributed by atoms with Crippen molar-refractivity contribution in [2.24, 2.45) is 0 Å². The van der Waals surface area contributed by atoms with Gasteiger partial charge in [-0.3, -0.25) is 4.79 Å². The highest BCUT2D eigenvalue weighted by atomic mass is 16.5. The fraction of sp³-hybridized carbons (Fsp3) is 0.188. The number of nitrogens with zero attached hydrogens (tertiary/aromatic N) is 3. The molecule has 1 N–H and O–H groups in total. The van der Waals surface area contributed by atoms with E-state index in [-0.39, 0.29) is 11.9 Å². The van der Waals surface area contributed by atoms with Crippen LogP contribution in [-0.4, -0.2) is 15.9 Å². The van der Waals surface area contributed by atoms with Crippen LogP contribution in [-0.2, 0) is 4.79 Å². The van der Waals surface area contributed by atoms with Crippen LogP contribution in [0.1, 0.15) is 24.5 Å². The summed E-state index contributed by atoms with van der Waals surface area (Å²) in [5, 5.41) is 11.5. The molecule has 1 aromatic carbocycles. The molecule has 6 nitrogen and oxygen atoms in total. The number of anilines is 1. The van der Waals surface area contributed by atoms with Crippen molar-refractivity contribution in [1.29, 1.82) is 5.26 Å². The third kappa shape index (κ3) is 4.03. The standard InChI is InChI=1S/C16H15N4O2/c1-3-4-15(21)20-13-9-18-16(19-10-13)22-14-6-5-12(8-17)7-11(14)2/h4-7,9-10H,3H2,1-2H3,(H,20,21). The van der Waals surface area contributed by atoms with Crippen molar-refractivity contribution in [3.05, 3.63) is 48.1 Å². The van der Waals surface area contributed by atoms with E-state index in [1.54, 1.807) is 18.2 Å². The van der Waals surface area contributed by atoms with E-state index in [4.69, 9.17) is 10.00 Å². The Kier molecular flexibility index (Phi) is 5.04. The van der Waals surface area contributed by atoms with Crippen molar-refractivity contribution >= 4 is 11.6 Å². The van der Waals surface area contributed by atoms with Gasteiger partial charge < -0.3 is 10.1 Å². The molecular weight excluding hydrogens is 280 g/mol. The first-order valence-electron chi connectivity index (χ1n) is 6.77. The molecule has 1 heterocycles. The number of hydrogen-bond donors (Lipinski definition) is 1. The van der Waals surface area contributed by atoms with Gasteiger partial charge in [0.2, 0.25) is 5.91 Å². The quantitative estimate of drug-likeness (QED) is 0.916. The molecule has 1 radical (unpaired) electrons. The Morgan fingerprint density at radius 3 is 2.73 bits per heavy atom. The van der Waals surface area contributed by atoms with Crippen LogP contribution in [0.25, 0.3) is 0 Å². The van der Waals surface area contributed by atoms with Crippen LogP contribution < -0.4 is 10.1 Å². The molecule has 2 aromatic rings. The lowest BCUT2D eigenvalue weighted by atomic mass is 10.1. The van der Waals surface area contributed by atoms with Crippen molar-refractivity contribution < 1.29 is 9.53 Å². The lowest BCUT2D eigenvalue weighted by molar-refractivity contribution is -0.113. The van der Waals surface area contributed by atoms with Gasteiger partial charge in [0.1, 0.15) is 5.75 Å². The fourth-order valence-corrected chi connectivity index (χ4v) is 1.74. The number of ether oxygens (including phenoxy) is 1. The summed E-state index contributed by atoms with van der Waals surface area (Å²) in [6.07, 6.45) is 5.14. The molecule has 111 valence electrons. The number of carbonyl (C=O) groups is 1. The van der Waals surface area contributed by atoms with Gasteiger partial charge in [-0.05, 0) is 37.1 Å². The van der Waals surface area contributed by atoms with E-state index in [2.05, 4.69) is 21.4 Å². The third-order valence-corrected chi connectivity index (χ3v) is 2.79. The second-order valence-corrected chi connectivity index (χ2v) is 4.55. The molecule has 2 rings (SSSR count). The maximum absolute atomic E-state index is 11.4. The molecule has 0 unspecified atom stereocenters. The number of rotatable bonds is 5. The summed E-state index contributed by atoms with van der Waals surface area (Å²) in [6.45, 7) is 3.72. The highest BCUT2D eigenvalue weighted by molar-refractivity contribution is 5.96. The van der Waals surface area contributed by atoms with Crippen LogP contribution in [0.4, 0.5) is 5.69 Å². The Hall–Kier alpha value is -2.94. The molecule has 0 aliphatic heterocycles. The predicted octanol–water partition coefficient (Wildman–Crippen LogP) is 3.00. The van der Waals surface area contributed by atoms with E-state index in [1.165, 1.54) is 18.8 Å². The molecule has 0 fully saturated rings. The van der Waals surface area contributed by atoms with Gasteiger partial charge in [0, 0.05) is 6.42 Å². The van der Waals surface area contributed by atoms with E-state index < -0.39 is 0 Å². The molecular formula is C16H15N4O2. The molecule has 0 bridgehead atoms. The average molecular weight is 295 g/mol. The number of nitrogens with one attached hydrogen (secondary N) is 1. The molecule has 0 aliphatic rings. The van der Waals surface area contributed by atoms with E-state index in [0.717, 1.165) is 5.56 Å². The Labute approximate surface area is 128 Å². The van der Waals surface area contributed by atoms with Crippen LogP contribution in [0.5, 0.6) is 11.8 Å². The van der Waals surface area contributed by atoms with Crippen LogP contribution in [0.15, 0.2) is 30.6 Å². The number of aromatic nitrogens is 2. The summed E-state index contributed by atoms with van der Waals surface area (Å²) >= 11 is 0. The Bertz CT molecular complexity index is 705. The largest absolute Gasteiger partial charge is 0.424 e. The minimum absolute atomic E-state index is 0.172. The van der Waals surface area contributed by atoms with E-state index in [9.17, 15) is 4.79 Å². The van der Waals surface area contributed by atoms with Crippen molar-refractivity contribution in [2.45, 2.75) is 20.3 Å². The smallest absolute Gasteiger partial charge is 0.322 e. The van der Waals surface area contributed by atoms with Crippen LogP contribution in [0.2, 0.25) is 0 Å². The number of benzene rings is 1. The van der Waals surface area contributed by atoms with Gasteiger partial charge in [-0.25, -0.2) is 9.97 Å². The minimum Gasteiger partial charge on any atom is -0.424 e. The van der Waals surface area contributed by atoms with Crippen molar-refractivity contribution in [3.8, 4) is 17.8 Å². The average Bonchev–Trinajstić information content (AvgIpc) is 2.51. The zero-order chi connectivity index (χ0) is 15.9. The Balaban J connectivity index is 2.05. The van der Waals surface area contributed by atoms with Crippen LogP contribution in [0, 0.1) is 24.7 Å². The first kappa shape index (κ1) is 15.4. The fourth-order valence-electron chi connectivity index (χ4n) is 1.74. The Morgan fingerprint density at radius 2 is 2.14 bits per heavy atom. The normalized spacial score (nSPS) is 9.86. The summed E-state index contributed by atoms with van der Waals surface area (Å²) in [6, 6.07) is 7.32. The summed E-state index contributed by atoms with van der Waals surface area (Å²) in [5.41, 5.74) is 1.88. The number of nitriles is 1. The topological polar surface area (TPSA) is 87.9 Å². The van der Waals surface area contributed by atoms with Gasteiger partial charge in [-0.2, -0.15) is 5.26 Å². The summed E-state index contributed by atoms with van der Waals surface area (Å²) < 4.78 is 5.56. The summed E-state index contributed by atoms with van der Waals surface area (Å²) in [4.78, 5) is 19.5. The van der Waals surface area contributed by atoms with E-state index in [0.29, 0.717) is 23.4 Å². The van der Waals surface area contributed by atoms with Crippen LogP contribution >= 0.6 is 0 Å². The highest BCUT2D eigenvalue weighted by Gasteiger charge is 2.06. The molecule has 0 aliphatic carbocycles. The lowest BCUT2D eigenvalue weighted by Gasteiger charge is -2.08. The second kappa shape index (κ2) is 7.18. The number of amides is 1. The summed E-state index contributed by atoms with van der Waals surface area (Å²) in [5.74, 6) is 0.387. The molecule has 1 amide bonds. The maximum Gasteiger partial charge on any atom is 0.322 e. The van der Waals surface area contributed by atoms with E-state index in [1.807, 2.05) is 13.8 Å². The Morgan fingerprint density at radius 1 is 1.41 bits per heavy atom. The number of carbonyl (C=O) groups excluding carboxylic acids is 1. The molecule has 0 spiro atoms. The van der Waals surface area contributed by atoms with Crippen molar-refractivity contribution in [2.75, 3.05) is 5.32 Å². The van der Waals surface area contributed by atoms with Gasteiger partial charge in [-0.15, -0.1) is 0 Å². The number of hydrogen-bond acceptors (Lipinski definition) is 5. The van der Waals surface area contributed by atoms with Gasteiger partial charge in [0.25, 0.3) is 0 Å². The summed E-state index contributed by atoms with van der Waals surface area (Å²) in [7, 11) is 0. The van der Waals surface area contributed by atoms with Crippen molar-refractivity contribution in [1.82, 2.24) is 9.97 Å². The third-order valence-electron chi connectivity index (χ3n) is 2.79. The van der Waals surface area contributed by atoms with Crippen molar-refractivity contribution in [3.63, 3.8) is 0 Å². The monoisotopic (exact) mass is 295 g/mol. The predicted molar refractivity (Wildman–Crippen MR) is 81.2 cm³/mol. The SMILES string of the molecule is CC[CH]C(=O)Nc1cnc(Oc2ccc(C#N)cc2C)nc1. The molecule has 0 atom stereocenters. The van der Waals surface area contributed by atoms with Crippen LogP contribution in [0.3, 0.4) is 0 Å². The molecule has 1 aromatic heterocycles. The minimum atomic E-state index is -0.192.